The monoisotopic (exact) mass is 311 g/mol. The number of rotatable bonds is 5. The van der Waals surface area contributed by atoms with E-state index in [-0.39, 0.29) is 0 Å². The molecule has 0 saturated heterocycles. The van der Waals surface area contributed by atoms with Crippen LogP contribution in [-0.4, -0.2) is 22.0 Å². The molecule has 0 atom stereocenters. The van der Waals surface area contributed by atoms with E-state index in [1.165, 1.54) is 5.56 Å². The van der Waals surface area contributed by atoms with Crippen molar-refractivity contribution in [3.05, 3.63) is 35.9 Å². The molecule has 0 saturated carbocycles. The summed E-state index contributed by atoms with van der Waals surface area (Å²) in [5.41, 5.74) is 1.25. The van der Waals surface area contributed by atoms with Crippen LogP contribution in [0.5, 0.6) is 0 Å². The third-order valence-corrected chi connectivity index (χ3v) is 3.45. The quantitative estimate of drug-likeness (QED) is 0.667. The molecule has 1 aromatic rings. The summed E-state index contributed by atoms with van der Waals surface area (Å²) < 4.78 is -1.87. The molecule has 94 valence electrons. The van der Waals surface area contributed by atoms with Gasteiger partial charge in [0.1, 0.15) is 0 Å². The molecule has 17 heavy (non-hydrogen) atoms. The first kappa shape index (κ1) is 15.0. The lowest BCUT2D eigenvalue weighted by atomic mass is 10.2. The Morgan fingerprint density at radius 1 is 1.24 bits per heavy atom. The van der Waals surface area contributed by atoms with Gasteiger partial charge in [0.2, 0.25) is 0 Å². The van der Waals surface area contributed by atoms with Gasteiger partial charge in [-0.2, -0.15) is 11.8 Å². The zero-order valence-electron chi connectivity index (χ0n) is 8.96. The van der Waals surface area contributed by atoms with Crippen molar-refractivity contribution >= 4 is 52.5 Å². The van der Waals surface area contributed by atoms with Gasteiger partial charge in [0.05, 0.1) is 0 Å². The Hall–Kier alpha value is -0.0900. The van der Waals surface area contributed by atoms with E-state index in [1.807, 2.05) is 18.2 Å². The minimum Gasteiger partial charge on any atom is -0.352 e. The number of hydrogen-bond donors (Lipinski definition) is 1. The van der Waals surface area contributed by atoms with Crippen LogP contribution in [-0.2, 0) is 10.5 Å². The first-order chi connectivity index (χ1) is 8.00. The lowest BCUT2D eigenvalue weighted by Crippen LogP contribution is -2.35. The van der Waals surface area contributed by atoms with Crippen LogP contribution >= 0.6 is 46.6 Å². The fourth-order valence-corrected chi connectivity index (χ4v) is 2.12. The fraction of sp³-hybridized carbons (Fsp3) is 0.364. The number of amides is 1. The molecule has 2 nitrogen and oxygen atoms in total. The molecule has 0 unspecified atom stereocenters. The Morgan fingerprint density at radius 2 is 1.88 bits per heavy atom. The highest BCUT2D eigenvalue weighted by Crippen LogP contribution is 2.25. The lowest BCUT2D eigenvalue weighted by molar-refractivity contribution is -0.120. The second kappa shape index (κ2) is 7.37. The molecule has 0 spiro atoms. The third-order valence-electron chi connectivity index (χ3n) is 1.90. The Balaban J connectivity index is 2.12. The van der Waals surface area contributed by atoms with Gasteiger partial charge in [-0.25, -0.2) is 0 Å². The highest BCUT2D eigenvalue weighted by molar-refractivity contribution is 7.98. The first-order valence-corrected chi connectivity index (χ1v) is 7.25. The Kier molecular flexibility index (Phi) is 6.49. The van der Waals surface area contributed by atoms with Gasteiger partial charge in [0, 0.05) is 18.1 Å². The molecule has 1 rings (SSSR count). The third kappa shape index (κ3) is 6.41. The SMILES string of the molecule is O=C(NCCSCc1ccccc1)C(Cl)(Cl)Cl. The summed E-state index contributed by atoms with van der Waals surface area (Å²) in [5, 5.41) is 2.55. The molecule has 1 aromatic carbocycles. The summed E-state index contributed by atoms with van der Waals surface area (Å²) in [6, 6.07) is 10.1. The van der Waals surface area contributed by atoms with Crippen LogP contribution in [0.2, 0.25) is 0 Å². The van der Waals surface area contributed by atoms with Gasteiger partial charge in [-0.15, -0.1) is 0 Å². The molecular formula is C11H12Cl3NOS. The average Bonchev–Trinajstić information content (AvgIpc) is 2.28. The van der Waals surface area contributed by atoms with E-state index in [0.29, 0.717) is 6.54 Å². The van der Waals surface area contributed by atoms with Crippen molar-refractivity contribution in [2.45, 2.75) is 9.55 Å². The number of nitrogens with one attached hydrogen (secondary N) is 1. The van der Waals surface area contributed by atoms with Crippen LogP contribution in [0.4, 0.5) is 0 Å². The second-order valence-electron chi connectivity index (χ2n) is 3.29. The Labute approximate surface area is 120 Å². The standard InChI is InChI=1S/C11H12Cl3NOS/c12-11(13,14)10(16)15-6-7-17-8-9-4-2-1-3-5-9/h1-5H,6-8H2,(H,15,16). The van der Waals surface area contributed by atoms with Crippen LogP contribution in [0.1, 0.15) is 5.56 Å². The van der Waals surface area contributed by atoms with Gasteiger partial charge in [-0.1, -0.05) is 65.1 Å². The highest BCUT2D eigenvalue weighted by Gasteiger charge is 2.29. The zero-order valence-corrected chi connectivity index (χ0v) is 12.0. The normalized spacial score (nSPS) is 11.2. The maximum Gasteiger partial charge on any atom is 0.272 e. The van der Waals surface area contributed by atoms with Crippen molar-refractivity contribution in [2.75, 3.05) is 12.3 Å². The number of alkyl halides is 3. The summed E-state index contributed by atoms with van der Waals surface area (Å²) in [6.07, 6.45) is 0. The molecule has 0 aliphatic rings. The molecule has 0 fully saturated rings. The van der Waals surface area contributed by atoms with E-state index in [1.54, 1.807) is 11.8 Å². The summed E-state index contributed by atoms with van der Waals surface area (Å²) in [5.74, 6) is 1.11. The fourth-order valence-electron chi connectivity index (χ4n) is 1.10. The molecule has 6 heteroatoms. The van der Waals surface area contributed by atoms with E-state index >= 15 is 0 Å². The predicted molar refractivity (Wildman–Crippen MR) is 75.9 cm³/mol. The molecule has 0 aliphatic heterocycles. The van der Waals surface area contributed by atoms with Gasteiger partial charge in [0.15, 0.2) is 0 Å². The number of thioether (sulfide) groups is 1. The van der Waals surface area contributed by atoms with Crippen LogP contribution in [0, 0.1) is 0 Å². The number of benzene rings is 1. The van der Waals surface area contributed by atoms with Crippen LogP contribution < -0.4 is 5.32 Å². The van der Waals surface area contributed by atoms with Crippen LogP contribution in [0.3, 0.4) is 0 Å². The second-order valence-corrected chi connectivity index (χ2v) is 6.68. The summed E-state index contributed by atoms with van der Waals surface area (Å²) >= 11 is 17.9. The number of hydrogen-bond acceptors (Lipinski definition) is 2. The molecule has 1 N–H and O–H groups in total. The van der Waals surface area contributed by atoms with Crippen molar-refractivity contribution in [3.63, 3.8) is 0 Å². The van der Waals surface area contributed by atoms with E-state index in [2.05, 4.69) is 17.4 Å². The molecule has 0 bridgehead atoms. The maximum atomic E-state index is 11.2. The predicted octanol–water partition coefficient (Wildman–Crippen LogP) is 3.41. The molecular weight excluding hydrogens is 301 g/mol. The van der Waals surface area contributed by atoms with E-state index in [0.717, 1.165) is 11.5 Å². The van der Waals surface area contributed by atoms with Gasteiger partial charge in [0.25, 0.3) is 9.70 Å². The van der Waals surface area contributed by atoms with Crippen molar-refractivity contribution in [2.24, 2.45) is 0 Å². The van der Waals surface area contributed by atoms with Crippen LogP contribution in [0.25, 0.3) is 0 Å². The van der Waals surface area contributed by atoms with Crippen LogP contribution in [0.15, 0.2) is 30.3 Å². The maximum absolute atomic E-state index is 11.2. The van der Waals surface area contributed by atoms with Gasteiger partial charge in [-0.05, 0) is 5.56 Å². The number of carbonyl (C=O) groups is 1. The number of carbonyl (C=O) groups excluding carboxylic acids is 1. The summed E-state index contributed by atoms with van der Waals surface area (Å²) in [7, 11) is 0. The van der Waals surface area contributed by atoms with Gasteiger partial charge >= 0.3 is 0 Å². The average molecular weight is 313 g/mol. The zero-order chi connectivity index (χ0) is 12.7. The van der Waals surface area contributed by atoms with E-state index < -0.39 is 9.70 Å². The van der Waals surface area contributed by atoms with Crippen molar-refractivity contribution in [1.82, 2.24) is 5.32 Å². The Bertz CT molecular complexity index is 353. The Morgan fingerprint density at radius 3 is 2.47 bits per heavy atom. The topological polar surface area (TPSA) is 29.1 Å². The van der Waals surface area contributed by atoms with Gasteiger partial charge < -0.3 is 5.32 Å². The highest BCUT2D eigenvalue weighted by atomic mass is 35.6. The smallest absolute Gasteiger partial charge is 0.272 e. The minimum atomic E-state index is -1.87. The van der Waals surface area contributed by atoms with Gasteiger partial charge in [-0.3, -0.25) is 4.79 Å². The van der Waals surface area contributed by atoms with Crippen molar-refractivity contribution < 1.29 is 4.79 Å². The number of halogens is 3. The largest absolute Gasteiger partial charge is 0.352 e. The minimum absolute atomic E-state index is 0.490. The molecule has 0 radical (unpaired) electrons. The molecule has 0 aliphatic carbocycles. The summed E-state index contributed by atoms with van der Waals surface area (Å²) in [4.78, 5) is 11.2. The molecule has 0 aromatic heterocycles. The molecule has 0 heterocycles. The lowest BCUT2D eigenvalue weighted by Gasteiger charge is -2.10. The first-order valence-electron chi connectivity index (χ1n) is 4.97. The summed E-state index contributed by atoms with van der Waals surface area (Å²) in [6.45, 7) is 0.490. The molecule has 1 amide bonds. The van der Waals surface area contributed by atoms with E-state index in [4.69, 9.17) is 34.8 Å². The van der Waals surface area contributed by atoms with Crippen molar-refractivity contribution in [3.8, 4) is 0 Å². The van der Waals surface area contributed by atoms with Crippen molar-refractivity contribution in [1.29, 1.82) is 0 Å². The van der Waals surface area contributed by atoms with E-state index in [9.17, 15) is 4.79 Å².